The van der Waals surface area contributed by atoms with Crippen LogP contribution in [0.3, 0.4) is 0 Å². The van der Waals surface area contributed by atoms with E-state index in [1.807, 2.05) is 53.8 Å². The van der Waals surface area contributed by atoms with Crippen LogP contribution in [0, 0.1) is 0 Å². The van der Waals surface area contributed by atoms with Crippen LogP contribution >= 0.6 is 11.3 Å². The molecule has 54 heavy (non-hydrogen) atoms. The lowest BCUT2D eigenvalue weighted by Crippen LogP contribution is -2.10. The van der Waals surface area contributed by atoms with Gasteiger partial charge in [0.2, 0.25) is 5.89 Å². The van der Waals surface area contributed by atoms with Crippen molar-refractivity contribution in [3.8, 4) is 33.7 Å². The second-order valence-electron chi connectivity index (χ2n) is 13.5. The van der Waals surface area contributed by atoms with Gasteiger partial charge in [0.15, 0.2) is 5.58 Å². The van der Waals surface area contributed by atoms with Crippen molar-refractivity contribution in [2.24, 2.45) is 0 Å². The lowest BCUT2D eigenvalue weighted by atomic mass is 10.0. The minimum atomic E-state index is 0.602. The zero-order valence-electron chi connectivity index (χ0n) is 28.9. The zero-order chi connectivity index (χ0) is 35.6. The molecule has 0 unspecified atom stereocenters. The molecule has 0 atom stereocenters. The van der Waals surface area contributed by atoms with E-state index in [9.17, 15) is 0 Å². The molecule has 5 heteroatoms. The average Bonchev–Trinajstić information content (AvgIpc) is 3.96. The molecule has 0 aliphatic heterocycles. The maximum atomic E-state index is 6.41. The first-order valence-electron chi connectivity index (χ1n) is 18.0. The molecule has 0 bridgehead atoms. The topological polar surface area (TPSA) is 42.4 Å². The summed E-state index contributed by atoms with van der Waals surface area (Å²) in [7, 11) is 0. The number of nitrogens with zero attached hydrogens (tertiary/aromatic N) is 2. The minimum Gasteiger partial charge on any atom is -0.456 e. The van der Waals surface area contributed by atoms with Gasteiger partial charge in [-0.3, -0.25) is 0 Å². The van der Waals surface area contributed by atoms with Gasteiger partial charge in [0.1, 0.15) is 16.7 Å². The number of benzene rings is 8. The highest BCUT2D eigenvalue weighted by Gasteiger charge is 2.20. The van der Waals surface area contributed by atoms with E-state index in [0.717, 1.165) is 66.8 Å². The summed E-state index contributed by atoms with van der Waals surface area (Å²) < 4.78 is 15.3. The number of aromatic nitrogens is 1. The summed E-state index contributed by atoms with van der Waals surface area (Å²) in [4.78, 5) is 7.20. The fourth-order valence-corrected chi connectivity index (χ4v) is 8.91. The molecular weight excluding hydrogens is 681 g/mol. The first-order chi connectivity index (χ1) is 26.7. The molecule has 11 aromatic rings. The first-order valence-corrected chi connectivity index (χ1v) is 18.8. The quantitative estimate of drug-likeness (QED) is 0.172. The highest BCUT2D eigenvalue weighted by molar-refractivity contribution is 7.26. The SMILES string of the molecule is c1ccc(-c2ccc(N(c3ccc(-c4ccc5oc6ccc7nc(-c8ccccc8)oc7c6c5c4)cc3)c3cccc4c3sc3ccccc34)cc2)cc1. The van der Waals surface area contributed by atoms with Gasteiger partial charge in [0, 0.05) is 37.8 Å². The monoisotopic (exact) mass is 710 g/mol. The van der Waals surface area contributed by atoms with E-state index in [2.05, 4.69) is 144 Å². The van der Waals surface area contributed by atoms with E-state index in [1.54, 1.807) is 0 Å². The standard InChI is InChI=1S/C49H30N2O2S/c1-3-10-31(11-4-1)32-18-23-36(24-19-32)51(42-16-9-15-39-38-14-7-8-17-45(38)54-48(39)42)37-25-20-33(21-26-37)35-22-28-43-40(30-35)46-44(52-43)29-27-41-47(46)53-49(50-41)34-12-5-2-6-13-34/h1-30H. The van der Waals surface area contributed by atoms with Crippen LogP contribution in [0.5, 0.6) is 0 Å². The number of fused-ring (bicyclic) bond motifs is 8. The van der Waals surface area contributed by atoms with Crippen molar-refractivity contribution in [1.82, 2.24) is 4.98 Å². The van der Waals surface area contributed by atoms with Crippen LogP contribution in [0.15, 0.2) is 191 Å². The van der Waals surface area contributed by atoms with E-state index in [0.29, 0.717) is 5.89 Å². The number of anilines is 3. The van der Waals surface area contributed by atoms with Crippen LogP contribution in [0.1, 0.15) is 0 Å². The molecule has 0 amide bonds. The molecule has 0 aliphatic carbocycles. The molecule has 11 rings (SSSR count). The molecule has 0 spiro atoms. The van der Waals surface area contributed by atoms with Crippen LogP contribution in [0.4, 0.5) is 17.1 Å². The third-order valence-corrected chi connectivity index (χ3v) is 11.5. The van der Waals surface area contributed by atoms with Crippen molar-refractivity contribution >= 4 is 81.6 Å². The second kappa shape index (κ2) is 12.3. The number of thiophene rings is 1. The van der Waals surface area contributed by atoms with Crippen molar-refractivity contribution in [1.29, 1.82) is 0 Å². The van der Waals surface area contributed by atoms with Crippen LogP contribution in [-0.4, -0.2) is 4.98 Å². The highest BCUT2D eigenvalue weighted by Crippen LogP contribution is 2.45. The van der Waals surface area contributed by atoms with Gasteiger partial charge in [-0.1, -0.05) is 109 Å². The molecule has 254 valence electrons. The van der Waals surface area contributed by atoms with Crippen LogP contribution in [-0.2, 0) is 0 Å². The predicted molar refractivity (Wildman–Crippen MR) is 225 cm³/mol. The van der Waals surface area contributed by atoms with Crippen molar-refractivity contribution in [2.75, 3.05) is 4.90 Å². The van der Waals surface area contributed by atoms with Crippen molar-refractivity contribution in [3.63, 3.8) is 0 Å². The van der Waals surface area contributed by atoms with Gasteiger partial charge in [-0.25, -0.2) is 4.98 Å². The van der Waals surface area contributed by atoms with Gasteiger partial charge in [-0.2, -0.15) is 0 Å². The molecule has 0 fully saturated rings. The Labute approximate surface area is 314 Å². The Bertz CT molecular complexity index is 3140. The summed E-state index contributed by atoms with van der Waals surface area (Å²) >= 11 is 1.85. The maximum absolute atomic E-state index is 6.41. The summed E-state index contributed by atoms with van der Waals surface area (Å²) in [5, 5.41) is 4.50. The number of hydrogen-bond donors (Lipinski definition) is 0. The molecular formula is C49H30N2O2S. The Morgan fingerprint density at radius 1 is 0.444 bits per heavy atom. The van der Waals surface area contributed by atoms with Crippen molar-refractivity contribution < 1.29 is 8.83 Å². The Hall–Kier alpha value is -6.95. The molecule has 4 nitrogen and oxygen atoms in total. The fraction of sp³-hybridized carbons (Fsp3) is 0. The molecule has 0 radical (unpaired) electrons. The van der Waals surface area contributed by atoms with Gasteiger partial charge in [-0.15, -0.1) is 11.3 Å². The molecule has 8 aromatic carbocycles. The molecule has 3 aromatic heterocycles. The third kappa shape index (κ3) is 5.01. The average molecular weight is 711 g/mol. The molecule has 3 heterocycles. The summed E-state index contributed by atoms with van der Waals surface area (Å²) in [5.74, 6) is 0.602. The maximum Gasteiger partial charge on any atom is 0.227 e. The molecule has 0 saturated carbocycles. The predicted octanol–water partition coefficient (Wildman–Crippen LogP) is 14.6. The van der Waals surface area contributed by atoms with E-state index < -0.39 is 0 Å². The Balaban J connectivity index is 1.02. The van der Waals surface area contributed by atoms with Crippen molar-refractivity contribution in [3.05, 3.63) is 182 Å². The summed E-state index contributed by atoms with van der Waals surface area (Å²) in [6, 6.07) is 64.0. The van der Waals surface area contributed by atoms with Crippen LogP contribution in [0.2, 0.25) is 0 Å². The second-order valence-corrected chi connectivity index (χ2v) is 14.6. The van der Waals surface area contributed by atoms with E-state index in [4.69, 9.17) is 13.8 Å². The minimum absolute atomic E-state index is 0.602. The normalized spacial score (nSPS) is 11.7. The smallest absolute Gasteiger partial charge is 0.227 e. The zero-order valence-corrected chi connectivity index (χ0v) is 29.8. The van der Waals surface area contributed by atoms with E-state index >= 15 is 0 Å². The number of hydrogen-bond acceptors (Lipinski definition) is 5. The van der Waals surface area contributed by atoms with Gasteiger partial charge >= 0.3 is 0 Å². The first kappa shape index (κ1) is 30.7. The lowest BCUT2D eigenvalue weighted by Gasteiger charge is -2.26. The third-order valence-electron chi connectivity index (χ3n) is 10.3. The van der Waals surface area contributed by atoms with Crippen LogP contribution in [0.25, 0.3) is 86.9 Å². The van der Waals surface area contributed by atoms with Crippen molar-refractivity contribution in [2.45, 2.75) is 0 Å². The summed E-state index contributed by atoms with van der Waals surface area (Å²) in [6.07, 6.45) is 0. The van der Waals surface area contributed by atoms with Gasteiger partial charge in [0.05, 0.1) is 15.8 Å². The summed E-state index contributed by atoms with van der Waals surface area (Å²) in [6.45, 7) is 0. The molecule has 0 aliphatic rings. The Kier molecular flexibility index (Phi) is 7.00. The lowest BCUT2D eigenvalue weighted by molar-refractivity contribution is 0.622. The fourth-order valence-electron chi connectivity index (χ4n) is 7.70. The van der Waals surface area contributed by atoms with Gasteiger partial charge < -0.3 is 13.7 Å². The van der Waals surface area contributed by atoms with Crippen LogP contribution < -0.4 is 4.90 Å². The Morgan fingerprint density at radius 3 is 1.81 bits per heavy atom. The number of furan rings is 1. The van der Waals surface area contributed by atoms with Gasteiger partial charge in [0.25, 0.3) is 0 Å². The number of oxazole rings is 1. The molecule has 0 saturated heterocycles. The van der Waals surface area contributed by atoms with E-state index in [-0.39, 0.29) is 0 Å². The highest BCUT2D eigenvalue weighted by atomic mass is 32.1. The van der Waals surface area contributed by atoms with Gasteiger partial charge in [-0.05, 0) is 95.1 Å². The molecule has 0 N–H and O–H groups in total. The summed E-state index contributed by atoms with van der Waals surface area (Å²) in [5.41, 5.74) is 12.0. The largest absolute Gasteiger partial charge is 0.456 e. The number of rotatable bonds is 6. The Morgan fingerprint density at radius 2 is 1.06 bits per heavy atom. The van der Waals surface area contributed by atoms with E-state index in [1.165, 1.54) is 31.3 Å².